The van der Waals surface area contributed by atoms with Crippen molar-refractivity contribution in [3.8, 4) is 0 Å². The van der Waals surface area contributed by atoms with Gasteiger partial charge in [-0.25, -0.2) is 0 Å². The van der Waals surface area contributed by atoms with Crippen LogP contribution in [0, 0.1) is 5.92 Å². The first-order chi connectivity index (χ1) is 8.02. The molecule has 1 aliphatic carbocycles. The van der Waals surface area contributed by atoms with Gasteiger partial charge >= 0.3 is 5.97 Å². The number of hydrogen-bond acceptors (Lipinski definition) is 3. The van der Waals surface area contributed by atoms with E-state index in [-0.39, 0.29) is 19.1 Å². The van der Waals surface area contributed by atoms with Gasteiger partial charge < -0.3 is 10.8 Å². The molecular formula is C12H22N2O3. The largest absolute Gasteiger partial charge is 0.480 e. The Morgan fingerprint density at radius 2 is 2.06 bits per heavy atom. The van der Waals surface area contributed by atoms with Gasteiger partial charge in [-0.05, 0) is 18.8 Å². The van der Waals surface area contributed by atoms with Crippen LogP contribution in [0.25, 0.3) is 0 Å². The molecule has 0 aromatic rings. The molecule has 0 aromatic carbocycles. The fourth-order valence-electron chi connectivity index (χ4n) is 2.65. The molecule has 0 spiro atoms. The Labute approximate surface area is 102 Å². The zero-order valence-electron chi connectivity index (χ0n) is 10.4. The summed E-state index contributed by atoms with van der Waals surface area (Å²) in [5.74, 6) is -0.701. The van der Waals surface area contributed by atoms with Gasteiger partial charge in [-0.3, -0.25) is 14.5 Å². The third kappa shape index (κ3) is 4.73. The maximum absolute atomic E-state index is 11.0. The number of nitrogens with two attached hydrogens (primary N) is 1. The van der Waals surface area contributed by atoms with Crippen LogP contribution in [0.5, 0.6) is 0 Å². The number of rotatable bonds is 6. The summed E-state index contributed by atoms with van der Waals surface area (Å²) in [5, 5.41) is 8.86. The fourth-order valence-corrected chi connectivity index (χ4v) is 2.65. The van der Waals surface area contributed by atoms with E-state index in [0.717, 1.165) is 25.7 Å². The summed E-state index contributed by atoms with van der Waals surface area (Å²) in [6, 6.07) is 0.192. The van der Waals surface area contributed by atoms with E-state index in [2.05, 4.69) is 6.92 Å². The third-order valence-corrected chi connectivity index (χ3v) is 3.55. The first-order valence-corrected chi connectivity index (χ1v) is 6.27. The van der Waals surface area contributed by atoms with Crippen molar-refractivity contribution in [3.05, 3.63) is 0 Å². The Bertz CT molecular complexity index is 265. The van der Waals surface area contributed by atoms with Crippen LogP contribution in [0.1, 0.15) is 39.0 Å². The zero-order valence-corrected chi connectivity index (χ0v) is 10.4. The second kappa shape index (κ2) is 6.59. The second-order valence-electron chi connectivity index (χ2n) is 4.86. The standard InChI is InChI=1S/C12H22N2O3/c1-2-9-4-3-5-10(6-9)14(7-11(13)15)8-12(16)17/h9-10H,2-8H2,1H3,(H2,13,15)(H,16,17). The highest BCUT2D eigenvalue weighted by molar-refractivity contribution is 5.77. The van der Waals surface area contributed by atoms with Crippen molar-refractivity contribution in [1.29, 1.82) is 0 Å². The molecule has 0 heterocycles. The molecule has 5 nitrogen and oxygen atoms in total. The van der Waals surface area contributed by atoms with Crippen LogP contribution in [-0.4, -0.2) is 41.0 Å². The monoisotopic (exact) mass is 242 g/mol. The molecule has 1 saturated carbocycles. The maximum atomic E-state index is 11.0. The summed E-state index contributed by atoms with van der Waals surface area (Å²) in [6.07, 6.45) is 5.39. The normalized spacial score (nSPS) is 24.8. The van der Waals surface area contributed by atoms with Crippen LogP contribution in [0.4, 0.5) is 0 Å². The van der Waals surface area contributed by atoms with E-state index < -0.39 is 11.9 Å². The van der Waals surface area contributed by atoms with Crippen molar-refractivity contribution in [1.82, 2.24) is 4.90 Å². The summed E-state index contributed by atoms with van der Waals surface area (Å²) in [7, 11) is 0. The SMILES string of the molecule is CCC1CCCC(N(CC(N)=O)CC(=O)O)C1. The Balaban J connectivity index is 2.60. The van der Waals surface area contributed by atoms with Gasteiger partial charge in [-0.2, -0.15) is 0 Å². The van der Waals surface area contributed by atoms with Crippen molar-refractivity contribution in [2.24, 2.45) is 11.7 Å². The predicted octanol–water partition coefficient (Wildman–Crippen LogP) is 0.827. The molecular weight excluding hydrogens is 220 g/mol. The Hall–Kier alpha value is -1.10. The van der Waals surface area contributed by atoms with E-state index in [9.17, 15) is 9.59 Å². The molecule has 0 bridgehead atoms. The molecule has 1 rings (SSSR count). The topological polar surface area (TPSA) is 83.6 Å². The number of carbonyl (C=O) groups is 2. The van der Waals surface area contributed by atoms with Crippen molar-refractivity contribution in [2.75, 3.05) is 13.1 Å². The lowest BCUT2D eigenvalue weighted by molar-refractivity contribution is -0.139. The number of nitrogens with zero attached hydrogens (tertiary/aromatic N) is 1. The highest BCUT2D eigenvalue weighted by Crippen LogP contribution is 2.29. The van der Waals surface area contributed by atoms with Gasteiger partial charge in [-0.1, -0.05) is 26.2 Å². The number of primary amides is 1. The number of carbonyl (C=O) groups excluding carboxylic acids is 1. The molecule has 1 fully saturated rings. The summed E-state index contributed by atoms with van der Waals surface area (Å²) in [4.78, 5) is 23.5. The molecule has 1 amide bonds. The third-order valence-electron chi connectivity index (χ3n) is 3.55. The van der Waals surface area contributed by atoms with Crippen LogP contribution in [0.15, 0.2) is 0 Å². The van der Waals surface area contributed by atoms with E-state index in [1.54, 1.807) is 4.90 Å². The number of hydrogen-bond donors (Lipinski definition) is 2. The molecule has 0 radical (unpaired) electrons. The van der Waals surface area contributed by atoms with Gasteiger partial charge in [0.2, 0.25) is 5.91 Å². The van der Waals surface area contributed by atoms with E-state index in [1.807, 2.05) is 0 Å². The molecule has 2 unspecified atom stereocenters. The number of carboxylic acid groups (broad SMARTS) is 1. The van der Waals surface area contributed by atoms with Crippen LogP contribution in [-0.2, 0) is 9.59 Å². The molecule has 0 saturated heterocycles. The van der Waals surface area contributed by atoms with E-state index >= 15 is 0 Å². The smallest absolute Gasteiger partial charge is 0.317 e. The van der Waals surface area contributed by atoms with Gasteiger partial charge in [-0.15, -0.1) is 0 Å². The quantitative estimate of drug-likeness (QED) is 0.722. The predicted molar refractivity (Wildman–Crippen MR) is 64.4 cm³/mol. The van der Waals surface area contributed by atoms with E-state index in [0.29, 0.717) is 5.92 Å². The molecule has 0 aliphatic heterocycles. The lowest BCUT2D eigenvalue weighted by Crippen LogP contribution is -2.46. The fraction of sp³-hybridized carbons (Fsp3) is 0.833. The van der Waals surface area contributed by atoms with Crippen LogP contribution < -0.4 is 5.73 Å². The molecule has 2 atom stereocenters. The lowest BCUT2D eigenvalue weighted by Gasteiger charge is -2.35. The number of aliphatic carboxylic acids is 1. The second-order valence-corrected chi connectivity index (χ2v) is 4.86. The summed E-state index contributed by atoms with van der Waals surface area (Å²) in [6.45, 7) is 2.11. The maximum Gasteiger partial charge on any atom is 0.317 e. The minimum Gasteiger partial charge on any atom is -0.480 e. The van der Waals surface area contributed by atoms with Crippen molar-refractivity contribution in [2.45, 2.75) is 45.1 Å². The average molecular weight is 242 g/mol. The number of carboxylic acids is 1. The van der Waals surface area contributed by atoms with Crippen molar-refractivity contribution >= 4 is 11.9 Å². The highest BCUT2D eigenvalue weighted by Gasteiger charge is 2.27. The first kappa shape index (κ1) is 14.0. The molecule has 1 aliphatic rings. The lowest BCUT2D eigenvalue weighted by atomic mass is 9.83. The zero-order chi connectivity index (χ0) is 12.8. The molecule has 3 N–H and O–H groups in total. The molecule has 0 aromatic heterocycles. The first-order valence-electron chi connectivity index (χ1n) is 6.27. The van der Waals surface area contributed by atoms with Gasteiger partial charge in [0.1, 0.15) is 0 Å². The minimum atomic E-state index is -0.898. The van der Waals surface area contributed by atoms with Gasteiger partial charge in [0.15, 0.2) is 0 Å². The van der Waals surface area contributed by atoms with E-state index in [4.69, 9.17) is 10.8 Å². The highest BCUT2D eigenvalue weighted by atomic mass is 16.4. The Kier molecular flexibility index (Phi) is 5.41. The van der Waals surface area contributed by atoms with Gasteiger partial charge in [0.25, 0.3) is 0 Å². The summed E-state index contributed by atoms with van der Waals surface area (Å²) < 4.78 is 0. The Morgan fingerprint density at radius 3 is 2.59 bits per heavy atom. The average Bonchev–Trinajstić information content (AvgIpc) is 2.27. The molecule has 17 heavy (non-hydrogen) atoms. The van der Waals surface area contributed by atoms with Gasteiger partial charge in [0, 0.05) is 6.04 Å². The number of amides is 1. The Morgan fingerprint density at radius 1 is 1.35 bits per heavy atom. The molecule has 98 valence electrons. The summed E-state index contributed by atoms with van der Waals surface area (Å²) in [5.41, 5.74) is 5.17. The molecule has 5 heteroatoms. The van der Waals surface area contributed by atoms with Crippen LogP contribution in [0.3, 0.4) is 0 Å². The summed E-state index contributed by atoms with van der Waals surface area (Å²) >= 11 is 0. The van der Waals surface area contributed by atoms with Crippen LogP contribution >= 0.6 is 0 Å². The van der Waals surface area contributed by atoms with Gasteiger partial charge in [0.05, 0.1) is 13.1 Å². The van der Waals surface area contributed by atoms with Crippen LogP contribution in [0.2, 0.25) is 0 Å². The van der Waals surface area contributed by atoms with Crippen molar-refractivity contribution < 1.29 is 14.7 Å². The minimum absolute atomic E-state index is 0.0490. The van der Waals surface area contributed by atoms with E-state index in [1.165, 1.54) is 6.42 Å². The van der Waals surface area contributed by atoms with Crippen molar-refractivity contribution in [3.63, 3.8) is 0 Å².